The molecule has 6 aromatic rings. The summed E-state index contributed by atoms with van der Waals surface area (Å²) in [6.07, 6.45) is 2.96. The second-order valence-corrected chi connectivity index (χ2v) is 16.0. The number of nitrogen functional groups attached to an aromatic ring is 1. The summed E-state index contributed by atoms with van der Waals surface area (Å²) < 4.78 is 42.3. The van der Waals surface area contributed by atoms with Crippen molar-refractivity contribution in [2.75, 3.05) is 16.4 Å². The van der Waals surface area contributed by atoms with Crippen molar-refractivity contribution < 1.29 is 27.5 Å². The van der Waals surface area contributed by atoms with Gasteiger partial charge in [0.05, 0.1) is 29.5 Å². The van der Waals surface area contributed by atoms with Crippen LogP contribution in [0.1, 0.15) is 63.4 Å². The highest BCUT2D eigenvalue weighted by atomic mass is 32.1. The highest BCUT2D eigenvalue weighted by Crippen LogP contribution is 2.31. The fraction of sp³-hybridized carbons (Fsp3) is 0.286. The van der Waals surface area contributed by atoms with Gasteiger partial charge in [-0.2, -0.15) is 0 Å². The van der Waals surface area contributed by atoms with Gasteiger partial charge in [0, 0.05) is 71.4 Å². The Morgan fingerprint density at radius 2 is 1.34 bits per heavy atom. The lowest BCUT2D eigenvalue weighted by atomic mass is 10.00. The molecule has 0 aliphatic rings. The van der Waals surface area contributed by atoms with E-state index in [4.69, 9.17) is 5.73 Å². The number of nitrogens with one attached hydrogen (secondary N) is 2. The van der Waals surface area contributed by atoms with Crippen molar-refractivity contribution in [2.24, 2.45) is 0 Å². The number of thiazole rings is 2. The molecule has 0 aliphatic carbocycles. The number of urea groups is 2. The Kier molecular flexibility index (Phi) is 13.8. The first-order valence-corrected chi connectivity index (χ1v) is 20.6. The summed E-state index contributed by atoms with van der Waals surface area (Å²) in [5, 5.41) is 11.3. The third-order valence-corrected chi connectivity index (χ3v) is 11.1. The number of nitrogens with zero attached hydrogens (tertiary/aromatic N) is 6. The predicted molar refractivity (Wildman–Crippen MR) is 226 cm³/mol. The average molecular weight is 844 g/mol. The summed E-state index contributed by atoms with van der Waals surface area (Å²) in [4.78, 5) is 48.7. The predicted octanol–water partition coefficient (Wildman–Crippen LogP) is 10.7. The van der Waals surface area contributed by atoms with Crippen LogP contribution in [-0.4, -0.2) is 60.2 Å². The first-order chi connectivity index (χ1) is 28.2. The van der Waals surface area contributed by atoms with E-state index in [0.717, 1.165) is 44.4 Å². The summed E-state index contributed by atoms with van der Waals surface area (Å²) >= 11 is 3.06. The Balaban J connectivity index is 1.10. The number of halogens is 3. The van der Waals surface area contributed by atoms with Crippen LogP contribution >= 0.6 is 22.7 Å². The van der Waals surface area contributed by atoms with Crippen molar-refractivity contribution in [1.29, 1.82) is 0 Å². The molecule has 0 radical (unpaired) electrons. The zero-order chi connectivity index (χ0) is 42.1. The molecule has 12 nitrogen and oxygen atoms in total. The molecule has 0 fully saturated rings. The normalized spacial score (nSPS) is 12.5. The molecule has 3 aromatic carbocycles. The Bertz CT molecular complexity index is 2310. The number of carbonyl (C=O) groups is 2. The molecular weight excluding hydrogens is 800 g/mol. The van der Waals surface area contributed by atoms with E-state index < -0.39 is 18.1 Å². The van der Waals surface area contributed by atoms with E-state index in [0.29, 0.717) is 30.9 Å². The van der Waals surface area contributed by atoms with E-state index in [1.54, 1.807) is 45.9 Å². The Morgan fingerprint density at radius 3 is 1.86 bits per heavy atom. The van der Waals surface area contributed by atoms with Crippen LogP contribution in [0.25, 0.3) is 21.1 Å². The number of hydrogen-bond acceptors (Lipinski definition) is 10. The molecule has 2 unspecified atom stereocenters. The standard InChI is InChI=1S/C42H44F3N9O3S2/c1-26(2)53(24-29-7-5-9-31(19-29)38-47-15-17-58-38)40(55)51-33-22-49-37(50-23-33)27(3)11-12-28(4)54(25-30-8-6-10-32(20-30)39-48-16-18-59-39)41(56)52-36-14-13-34(21-35(36)46)57-42(43,44)45/h5-10,13-23,26-28H,11-12,24-25,46H2,1-4H3,(H,51,55)(H,52,56). The molecule has 3 heterocycles. The lowest BCUT2D eigenvalue weighted by molar-refractivity contribution is -0.274. The fourth-order valence-corrected chi connectivity index (χ4v) is 7.59. The molecule has 0 saturated heterocycles. The van der Waals surface area contributed by atoms with Gasteiger partial charge in [-0.3, -0.25) is 0 Å². The van der Waals surface area contributed by atoms with Crippen molar-refractivity contribution >= 4 is 51.8 Å². The smallest absolute Gasteiger partial charge is 0.406 e. The molecule has 0 saturated carbocycles. The van der Waals surface area contributed by atoms with Crippen LogP contribution in [0.5, 0.6) is 5.75 Å². The van der Waals surface area contributed by atoms with Crippen LogP contribution in [0.15, 0.2) is 102 Å². The zero-order valence-electron chi connectivity index (χ0n) is 32.8. The number of benzene rings is 3. The molecule has 59 heavy (non-hydrogen) atoms. The van der Waals surface area contributed by atoms with Gasteiger partial charge in [-0.25, -0.2) is 29.5 Å². The maximum atomic E-state index is 13.9. The minimum Gasteiger partial charge on any atom is -0.406 e. The number of ether oxygens (including phenoxy) is 1. The van der Waals surface area contributed by atoms with Gasteiger partial charge in [-0.05, 0) is 69.0 Å². The molecule has 3 aromatic heterocycles. The molecular formula is C42H44F3N9O3S2. The summed E-state index contributed by atoms with van der Waals surface area (Å²) in [5.41, 5.74) is 10.3. The number of amides is 4. The van der Waals surface area contributed by atoms with Crippen LogP contribution in [0.2, 0.25) is 0 Å². The number of nitrogens with two attached hydrogens (primary N) is 1. The molecule has 0 bridgehead atoms. The van der Waals surface area contributed by atoms with Crippen LogP contribution in [-0.2, 0) is 13.1 Å². The van der Waals surface area contributed by atoms with Crippen LogP contribution < -0.4 is 21.1 Å². The van der Waals surface area contributed by atoms with Gasteiger partial charge in [0.1, 0.15) is 21.6 Å². The highest BCUT2D eigenvalue weighted by Gasteiger charge is 2.31. The molecule has 0 spiro atoms. The number of carbonyl (C=O) groups excluding carboxylic acids is 2. The van der Waals surface area contributed by atoms with Crippen LogP contribution in [0.4, 0.5) is 39.8 Å². The maximum Gasteiger partial charge on any atom is 0.573 e. The van der Waals surface area contributed by atoms with E-state index in [1.165, 1.54) is 17.4 Å². The first kappa shape index (κ1) is 42.5. The summed E-state index contributed by atoms with van der Waals surface area (Å²) in [7, 11) is 0. The third-order valence-electron chi connectivity index (χ3n) is 9.47. The average Bonchev–Trinajstić information content (AvgIpc) is 3.95. The number of anilines is 3. The van der Waals surface area contributed by atoms with Crippen molar-refractivity contribution in [3.8, 4) is 26.9 Å². The minimum atomic E-state index is -4.89. The summed E-state index contributed by atoms with van der Waals surface area (Å²) in [6, 6.07) is 18.0. The minimum absolute atomic E-state index is 0.0833. The number of rotatable bonds is 15. The van der Waals surface area contributed by atoms with E-state index >= 15 is 0 Å². The highest BCUT2D eigenvalue weighted by molar-refractivity contribution is 7.13. The van der Waals surface area contributed by atoms with Gasteiger partial charge in [0.15, 0.2) is 0 Å². The van der Waals surface area contributed by atoms with E-state index in [9.17, 15) is 22.8 Å². The van der Waals surface area contributed by atoms with Gasteiger partial charge >= 0.3 is 18.4 Å². The van der Waals surface area contributed by atoms with Gasteiger partial charge in [0.2, 0.25) is 0 Å². The van der Waals surface area contributed by atoms with E-state index in [2.05, 4.69) is 35.3 Å². The quantitative estimate of drug-likeness (QED) is 0.0864. The first-order valence-electron chi connectivity index (χ1n) is 18.8. The number of hydrogen-bond donors (Lipinski definition) is 3. The SMILES string of the molecule is CC(CCC(C)N(Cc1cccc(-c2nccs2)c1)C(=O)Nc1ccc(OC(F)(F)F)cc1N)c1ncc(NC(=O)N(Cc2cccc(-c3nccs3)c2)C(C)C)cn1. The maximum absolute atomic E-state index is 13.9. The van der Waals surface area contributed by atoms with E-state index in [-0.39, 0.29) is 42.0 Å². The molecule has 4 amide bonds. The molecule has 2 atom stereocenters. The van der Waals surface area contributed by atoms with Crippen LogP contribution in [0, 0.1) is 0 Å². The Morgan fingerprint density at radius 1 is 0.763 bits per heavy atom. The van der Waals surface area contributed by atoms with Crippen molar-refractivity contribution in [3.63, 3.8) is 0 Å². The third kappa shape index (κ3) is 11.8. The molecule has 6 rings (SSSR count). The number of aromatic nitrogens is 4. The summed E-state index contributed by atoms with van der Waals surface area (Å²) in [6.45, 7) is 8.47. The van der Waals surface area contributed by atoms with Crippen molar-refractivity contribution in [3.05, 3.63) is 119 Å². The van der Waals surface area contributed by atoms with Gasteiger partial charge in [-0.15, -0.1) is 35.8 Å². The largest absolute Gasteiger partial charge is 0.573 e. The lowest BCUT2D eigenvalue weighted by Crippen LogP contribution is -2.41. The van der Waals surface area contributed by atoms with Gasteiger partial charge in [0.25, 0.3) is 0 Å². The molecule has 308 valence electrons. The Hall–Kier alpha value is -6.07. The lowest BCUT2D eigenvalue weighted by Gasteiger charge is -2.30. The van der Waals surface area contributed by atoms with Crippen molar-refractivity contribution in [1.82, 2.24) is 29.7 Å². The monoisotopic (exact) mass is 843 g/mol. The van der Waals surface area contributed by atoms with Gasteiger partial charge in [-0.1, -0.05) is 43.3 Å². The topological polar surface area (TPSA) is 151 Å². The second kappa shape index (κ2) is 19.1. The molecule has 17 heteroatoms. The second-order valence-electron chi connectivity index (χ2n) is 14.2. The van der Waals surface area contributed by atoms with Crippen molar-refractivity contribution in [2.45, 2.75) is 78.0 Å². The number of alkyl halides is 3. The molecule has 4 N–H and O–H groups in total. The van der Waals surface area contributed by atoms with E-state index in [1.807, 2.05) is 87.0 Å². The summed E-state index contributed by atoms with van der Waals surface area (Å²) in [5.74, 6) is -0.0170. The molecule has 0 aliphatic heterocycles. The zero-order valence-corrected chi connectivity index (χ0v) is 34.4. The van der Waals surface area contributed by atoms with Gasteiger partial charge < -0.3 is 30.9 Å². The van der Waals surface area contributed by atoms with Crippen LogP contribution in [0.3, 0.4) is 0 Å². The Labute approximate surface area is 348 Å². The fourth-order valence-electron chi connectivity index (χ4n) is 6.31.